The minimum atomic E-state index is 0.0455. The van der Waals surface area contributed by atoms with Crippen molar-refractivity contribution in [2.45, 2.75) is 6.42 Å². The van der Waals surface area contributed by atoms with Crippen molar-refractivity contribution in [1.82, 2.24) is 4.98 Å². The molecule has 0 aliphatic carbocycles. The van der Waals surface area contributed by atoms with Crippen LogP contribution in [0.1, 0.15) is 12.0 Å². The monoisotopic (exact) mass is 181 g/mol. The third kappa shape index (κ3) is 2.58. The molecule has 12 heavy (non-hydrogen) atoms. The Morgan fingerprint density at radius 2 is 2.42 bits per heavy atom. The predicted octanol–water partition coefficient (Wildman–Crippen LogP) is 1.71. The van der Waals surface area contributed by atoms with Crippen molar-refractivity contribution in [3.63, 3.8) is 0 Å². The summed E-state index contributed by atoms with van der Waals surface area (Å²) in [5, 5.41) is 0. The lowest BCUT2D eigenvalue weighted by atomic mass is 10.2. The topological polar surface area (TPSA) is 32.9 Å². The maximum atomic E-state index is 11.1. The summed E-state index contributed by atoms with van der Waals surface area (Å²) in [6, 6.07) is 1.51. The van der Waals surface area contributed by atoms with Crippen LogP contribution in [-0.2, 0) is 0 Å². The van der Waals surface area contributed by atoms with Crippen molar-refractivity contribution in [1.29, 1.82) is 0 Å². The predicted molar refractivity (Wildman–Crippen MR) is 54.6 cm³/mol. The normalized spacial score (nSPS) is 10.8. The first-order valence-corrected chi connectivity index (χ1v) is 4.42. The van der Waals surface area contributed by atoms with Gasteiger partial charge in [0.25, 0.3) is 0 Å². The van der Waals surface area contributed by atoms with Gasteiger partial charge in [0.1, 0.15) is 0 Å². The number of thiol groups is 1. The fourth-order valence-corrected chi connectivity index (χ4v) is 0.993. The lowest BCUT2D eigenvalue weighted by Crippen LogP contribution is -2.01. The smallest absolute Gasteiger partial charge is 0.188 e. The molecule has 0 aliphatic heterocycles. The van der Waals surface area contributed by atoms with Crippen molar-refractivity contribution in [2.75, 3.05) is 5.75 Å². The van der Waals surface area contributed by atoms with E-state index in [1.54, 1.807) is 12.4 Å². The molecule has 0 saturated carbocycles. The van der Waals surface area contributed by atoms with Gasteiger partial charge in [-0.2, -0.15) is 12.6 Å². The Labute approximate surface area is 76.7 Å². The first-order chi connectivity index (χ1) is 5.84. The SMILES string of the molecule is O=c1cc[nH]cc1C=CCCS. The molecule has 3 heteroatoms. The minimum Gasteiger partial charge on any atom is -0.367 e. The number of hydrogen-bond donors (Lipinski definition) is 2. The first kappa shape index (κ1) is 9.13. The van der Waals surface area contributed by atoms with Gasteiger partial charge < -0.3 is 4.98 Å². The molecule has 0 radical (unpaired) electrons. The Hall–Kier alpha value is -0.960. The second kappa shape index (κ2) is 4.83. The zero-order chi connectivity index (χ0) is 8.81. The van der Waals surface area contributed by atoms with E-state index < -0.39 is 0 Å². The number of nitrogens with one attached hydrogen (secondary N) is 1. The van der Waals surface area contributed by atoms with Crippen molar-refractivity contribution in [3.05, 3.63) is 40.3 Å². The van der Waals surface area contributed by atoms with E-state index in [9.17, 15) is 4.79 Å². The average Bonchev–Trinajstić information content (AvgIpc) is 2.09. The van der Waals surface area contributed by atoms with Gasteiger partial charge >= 0.3 is 0 Å². The summed E-state index contributed by atoms with van der Waals surface area (Å²) >= 11 is 4.06. The number of rotatable bonds is 3. The van der Waals surface area contributed by atoms with E-state index in [0.717, 1.165) is 12.2 Å². The molecule has 2 nitrogen and oxygen atoms in total. The highest BCUT2D eigenvalue weighted by molar-refractivity contribution is 7.80. The minimum absolute atomic E-state index is 0.0455. The van der Waals surface area contributed by atoms with Gasteiger partial charge in [0.15, 0.2) is 5.43 Å². The third-order valence-electron chi connectivity index (χ3n) is 1.45. The van der Waals surface area contributed by atoms with Gasteiger partial charge in [-0.3, -0.25) is 4.79 Å². The van der Waals surface area contributed by atoms with Gasteiger partial charge in [-0.15, -0.1) is 0 Å². The van der Waals surface area contributed by atoms with E-state index >= 15 is 0 Å². The van der Waals surface area contributed by atoms with E-state index in [1.807, 2.05) is 12.2 Å². The molecule has 0 saturated heterocycles. The van der Waals surface area contributed by atoms with E-state index in [-0.39, 0.29) is 5.43 Å². The Balaban J connectivity index is 2.76. The maximum Gasteiger partial charge on any atom is 0.188 e. The molecule has 1 N–H and O–H groups in total. The van der Waals surface area contributed by atoms with Crippen molar-refractivity contribution < 1.29 is 0 Å². The third-order valence-corrected chi connectivity index (χ3v) is 1.71. The van der Waals surface area contributed by atoms with Crippen LogP contribution >= 0.6 is 12.6 Å². The molecular formula is C9H11NOS. The van der Waals surface area contributed by atoms with Crippen LogP contribution in [0.5, 0.6) is 0 Å². The molecule has 0 spiro atoms. The molecule has 1 aromatic heterocycles. The highest BCUT2D eigenvalue weighted by atomic mass is 32.1. The molecule has 0 bridgehead atoms. The second-order valence-electron chi connectivity index (χ2n) is 2.38. The lowest BCUT2D eigenvalue weighted by Gasteiger charge is -1.89. The van der Waals surface area contributed by atoms with E-state index in [0.29, 0.717) is 5.56 Å². The molecular weight excluding hydrogens is 170 g/mol. The standard InChI is InChI=1S/C9H11NOS/c11-9-4-5-10-7-8(9)3-1-2-6-12/h1,3-5,7,12H,2,6H2,(H,10,11). The van der Waals surface area contributed by atoms with Crippen molar-refractivity contribution >= 4 is 18.7 Å². The summed E-state index contributed by atoms with van der Waals surface area (Å²) in [5.74, 6) is 0.807. The zero-order valence-corrected chi connectivity index (χ0v) is 7.55. The number of allylic oxidation sites excluding steroid dienone is 1. The second-order valence-corrected chi connectivity index (χ2v) is 2.83. The number of aromatic nitrogens is 1. The summed E-state index contributed by atoms with van der Waals surface area (Å²) in [7, 11) is 0. The van der Waals surface area contributed by atoms with Crippen LogP contribution in [0.2, 0.25) is 0 Å². The number of H-pyrrole nitrogens is 1. The Bertz CT molecular complexity index is 316. The van der Waals surface area contributed by atoms with Gasteiger partial charge in [-0.25, -0.2) is 0 Å². The first-order valence-electron chi connectivity index (χ1n) is 3.79. The van der Waals surface area contributed by atoms with Gasteiger partial charge in [-0.1, -0.05) is 12.2 Å². The Morgan fingerprint density at radius 1 is 1.58 bits per heavy atom. The molecule has 0 amide bonds. The van der Waals surface area contributed by atoms with Crippen LogP contribution in [0, 0.1) is 0 Å². The maximum absolute atomic E-state index is 11.1. The van der Waals surface area contributed by atoms with E-state index in [1.165, 1.54) is 6.07 Å². The average molecular weight is 181 g/mol. The quantitative estimate of drug-likeness (QED) is 0.684. The molecule has 0 aliphatic rings. The van der Waals surface area contributed by atoms with E-state index in [4.69, 9.17) is 0 Å². The van der Waals surface area contributed by atoms with Gasteiger partial charge in [-0.05, 0) is 12.2 Å². The number of pyridine rings is 1. The highest BCUT2D eigenvalue weighted by Crippen LogP contribution is 1.94. The van der Waals surface area contributed by atoms with Gasteiger partial charge in [0, 0.05) is 24.0 Å². The van der Waals surface area contributed by atoms with Crippen LogP contribution in [0.3, 0.4) is 0 Å². The fraction of sp³-hybridized carbons (Fsp3) is 0.222. The highest BCUT2D eigenvalue weighted by Gasteiger charge is 1.89. The molecule has 0 atom stereocenters. The summed E-state index contributed by atoms with van der Waals surface area (Å²) in [6.07, 6.45) is 7.96. The largest absolute Gasteiger partial charge is 0.367 e. The Morgan fingerprint density at radius 3 is 3.08 bits per heavy atom. The molecule has 1 heterocycles. The summed E-state index contributed by atoms with van der Waals surface area (Å²) in [5.41, 5.74) is 0.739. The van der Waals surface area contributed by atoms with Crippen LogP contribution in [0.4, 0.5) is 0 Å². The molecule has 0 aromatic carbocycles. The molecule has 1 aromatic rings. The Kier molecular flexibility index (Phi) is 3.67. The van der Waals surface area contributed by atoms with Crippen molar-refractivity contribution in [2.24, 2.45) is 0 Å². The van der Waals surface area contributed by atoms with Crippen LogP contribution < -0.4 is 5.43 Å². The summed E-state index contributed by atoms with van der Waals surface area (Å²) in [4.78, 5) is 14.0. The molecule has 0 fully saturated rings. The fourth-order valence-electron chi connectivity index (χ4n) is 0.844. The lowest BCUT2D eigenvalue weighted by molar-refractivity contribution is 1.25. The number of hydrogen-bond acceptors (Lipinski definition) is 2. The summed E-state index contributed by atoms with van der Waals surface area (Å²) in [6.45, 7) is 0. The molecule has 1 rings (SSSR count). The van der Waals surface area contributed by atoms with Crippen LogP contribution in [0.25, 0.3) is 6.08 Å². The van der Waals surface area contributed by atoms with Crippen LogP contribution in [0.15, 0.2) is 29.3 Å². The van der Waals surface area contributed by atoms with Gasteiger partial charge in [0.05, 0.1) is 0 Å². The zero-order valence-electron chi connectivity index (χ0n) is 6.66. The van der Waals surface area contributed by atoms with Crippen molar-refractivity contribution in [3.8, 4) is 0 Å². The number of aromatic amines is 1. The summed E-state index contributed by atoms with van der Waals surface area (Å²) < 4.78 is 0. The van der Waals surface area contributed by atoms with Crippen LogP contribution in [-0.4, -0.2) is 10.7 Å². The molecule has 64 valence electrons. The van der Waals surface area contributed by atoms with E-state index in [2.05, 4.69) is 17.6 Å². The molecule has 0 unspecified atom stereocenters. The van der Waals surface area contributed by atoms with Gasteiger partial charge in [0.2, 0.25) is 0 Å².